The van der Waals surface area contributed by atoms with Gasteiger partial charge in [0.1, 0.15) is 27.9 Å². The highest BCUT2D eigenvalue weighted by Gasteiger charge is 2.33. The second-order valence-electron chi connectivity index (χ2n) is 8.84. The number of nitrogens with zero attached hydrogens (tertiary/aromatic N) is 1. The van der Waals surface area contributed by atoms with Crippen LogP contribution in [0.3, 0.4) is 0 Å². The van der Waals surface area contributed by atoms with E-state index in [1.807, 2.05) is 0 Å². The molecule has 0 unspecified atom stereocenters. The van der Waals surface area contributed by atoms with Gasteiger partial charge >= 0.3 is 10.1 Å². The first kappa shape index (κ1) is 32.8. The summed E-state index contributed by atoms with van der Waals surface area (Å²) in [5.41, 5.74) is 9.05. The minimum Gasteiger partial charge on any atom is -0.493 e. The Morgan fingerprint density at radius 2 is 1.74 bits per heavy atom. The number of anilines is 1. The minimum atomic E-state index is -4.60. The summed E-state index contributed by atoms with van der Waals surface area (Å²) in [6.45, 7) is 4.07. The van der Waals surface area contributed by atoms with Crippen molar-refractivity contribution in [2.75, 3.05) is 24.1 Å². The molecule has 42 heavy (non-hydrogen) atoms. The van der Waals surface area contributed by atoms with Gasteiger partial charge in [0.25, 0.3) is 10.0 Å². The summed E-state index contributed by atoms with van der Waals surface area (Å²) < 4.78 is 66.6. The smallest absolute Gasteiger partial charge is 0.340 e. The molecule has 0 spiro atoms. The van der Waals surface area contributed by atoms with E-state index in [-0.39, 0.29) is 56.2 Å². The van der Waals surface area contributed by atoms with Crippen LogP contribution in [0.5, 0.6) is 17.2 Å². The Balaban J connectivity index is 0.00000484. The van der Waals surface area contributed by atoms with E-state index in [1.165, 1.54) is 42.5 Å². The van der Waals surface area contributed by atoms with Gasteiger partial charge in [-0.1, -0.05) is 18.2 Å². The summed E-state index contributed by atoms with van der Waals surface area (Å²) >= 11 is 0. The number of rotatable bonds is 13. The number of nitrogens with one attached hydrogen (secondary N) is 2. The van der Waals surface area contributed by atoms with Crippen molar-refractivity contribution in [2.45, 2.75) is 36.7 Å². The monoisotopic (exact) mass is 642 g/mol. The van der Waals surface area contributed by atoms with E-state index in [0.29, 0.717) is 23.5 Å². The third kappa shape index (κ3) is 7.74. The highest BCUT2D eigenvalue weighted by atomic mass is 35.5. The van der Waals surface area contributed by atoms with E-state index < -0.39 is 29.9 Å². The maximum atomic E-state index is 13.8. The largest absolute Gasteiger partial charge is 0.493 e. The fraction of sp³-hybridized carbons (Fsp3) is 0.269. The van der Waals surface area contributed by atoms with Gasteiger partial charge in [0.2, 0.25) is 5.96 Å². The van der Waals surface area contributed by atoms with Crippen LogP contribution >= 0.6 is 12.4 Å². The average molecular weight is 643 g/mol. The van der Waals surface area contributed by atoms with Crippen molar-refractivity contribution in [3.05, 3.63) is 71.8 Å². The molecule has 0 fully saturated rings. The fourth-order valence-corrected chi connectivity index (χ4v) is 7.16. The predicted octanol–water partition coefficient (Wildman–Crippen LogP) is 3.41. The number of hydrogen-bond acceptors (Lipinski definition) is 10. The number of aryl methyl sites for hydroxylation is 1. The lowest BCUT2D eigenvalue weighted by molar-refractivity contribution is -0.194. The summed E-state index contributed by atoms with van der Waals surface area (Å²) in [6.07, 6.45) is 0.450. The van der Waals surface area contributed by atoms with Gasteiger partial charge in [-0.2, -0.15) is 13.3 Å². The lowest BCUT2D eigenvalue weighted by Crippen LogP contribution is -2.32. The number of ether oxygens (including phenoxy) is 1. The molecule has 0 aliphatic carbocycles. The third-order valence-corrected chi connectivity index (χ3v) is 9.14. The zero-order valence-corrected chi connectivity index (χ0v) is 25.2. The molecule has 3 aromatic carbocycles. The Morgan fingerprint density at radius 3 is 2.45 bits per heavy atom. The van der Waals surface area contributed by atoms with Crippen LogP contribution in [-0.2, 0) is 36.5 Å². The Bertz CT molecular complexity index is 1640. The summed E-state index contributed by atoms with van der Waals surface area (Å²) in [6, 6.07) is 14.6. The van der Waals surface area contributed by atoms with Crippen molar-refractivity contribution >= 4 is 44.2 Å². The standard InChI is InChI=1S/C26H30N4O9S2.ClH/c1-3-30(20-10-9-19-17-37-38-23(19)15-20)40(31,32)24-7-4-5-8-25(24)41(33,34)39-22-14-18(2)13-21(16-22)35-11-6-12-36-29-26(27)28;/h4-5,7-10,13-16H,3,6,11-12,17H2,1-2H3,(H4,27,28,29);1H. The molecule has 0 amide bonds. The van der Waals surface area contributed by atoms with E-state index in [9.17, 15) is 16.8 Å². The lowest BCUT2D eigenvalue weighted by Gasteiger charge is -2.24. The molecule has 4 N–H and O–H groups in total. The van der Waals surface area contributed by atoms with Gasteiger partial charge in [-0.3, -0.25) is 14.6 Å². The quantitative estimate of drug-likeness (QED) is 0.0621. The van der Waals surface area contributed by atoms with Crippen LogP contribution in [0, 0.1) is 12.3 Å². The molecule has 0 radical (unpaired) electrons. The van der Waals surface area contributed by atoms with Crippen molar-refractivity contribution < 1.29 is 40.4 Å². The zero-order chi connectivity index (χ0) is 29.6. The van der Waals surface area contributed by atoms with Crippen molar-refractivity contribution in [1.29, 1.82) is 5.41 Å². The van der Waals surface area contributed by atoms with Crippen LogP contribution in [0.4, 0.5) is 5.69 Å². The van der Waals surface area contributed by atoms with Gasteiger partial charge < -0.3 is 19.5 Å². The van der Waals surface area contributed by atoms with Gasteiger partial charge in [0.15, 0.2) is 5.75 Å². The number of halogens is 1. The molecule has 4 rings (SSSR count). The van der Waals surface area contributed by atoms with Gasteiger partial charge in [0.05, 0.1) is 18.9 Å². The summed E-state index contributed by atoms with van der Waals surface area (Å²) in [5, 5.41) is 7.03. The van der Waals surface area contributed by atoms with E-state index >= 15 is 0 Å². The van der Waals surface area contributed by atoms with E-state index in [2.05, 4.69) is 5.48 Å². The highest BCUT2D eigenvalue weighted by molar-refractivity contribution is 7.94. The fourth-order valence-electron chi connectivity index (χ4n) is 4.00. The molecular weight excluding hydrogens is 612 g/mol. The maximum absolute atomic E-state index is 13.8. The summed E-state index contributed by atoms with van der Waals surface area (Å²) in [5.74, 6) is 0.357. The molecule has 1 aliphatic heterocycles. The molecule has 0 bridgehead atoms. The molecule has 0 atom stereocenters. The molecule has 16 heteroatoms. The molecule has 0 saturated carbocycles. The van der Waals surface area contributed by atoms with Crippen LogP contribution in [0.25, 0.3) is 0 Å². The Morgan fingerprint density at radius 1 is 1.02 bits per heavy atom. The van der Waals surface area contributed by atoms with Crippen LogP contribution in [0.15, 0.2) is 70.5 Å². The summed E-state index contributed by atoms with van der Waals surface area (Å²) in [7, 11) is -8.96. The molecule has 228 valence electrons. The summed E-state index contributed by atoms with van der Waals surface area (Å²) in [4.78, 5) is 14.0. The second kappa shape index (κ2) is 13.9. The number of guanidine groups is 1. The van der Waals surface area contributed by atoms with Gasteiger partial charge in [-0.05, 0) is 49.7 Å². The topological polar surface area (TPSA) is 180 Å². The Hall–Kier alpha value is -3.76. The Kier molecular flexibility index (Phi) is 10.9. The van der Waals surface area contributed by atoms with Crippen LogP contribution in [0.1, 0.15) is 24.5 Å². The number of sulfonamides is 1. The van der Waals surface area contributed by atoms with Crippen molar-refractivity contribution in [3.8, 4) is 17.2 Å². The van der Waals surface area contributed by atoms with Gasteiger partial charge in [-0.15, -0.1) is 12.4 Å². The maximum Gasteiger partial charge on any atom is 0.340 e. The molecule has 0 saturated heterocycles. The predicted molar refractivity (Wildman–Crippen MR) is 156 cm³/mol. The number of nitrogens with two attached hydrogens (primary N) is 1. The van der Waals surface area contributed by atoms with Crippen LogP contribution in [0.2, 0.25) is 0 Å². The second-order valence-corrected chi connectivity index (χ2v) is 12.2. The molecule has 3 aromatic rings. The molecule has 1 heterocycles. The van der Waals surface area contributed by atoms with Gasteiger partial charge in [-0.25, -0.2) is 13.9 Å². The van der Waals surface area contributed by atoms with E-state index in [4.69, 9.17) is 34.7 Å². The molecule has 1 aliphatic rings. The van der Waals surface area contributed by atoms with E-state index in [1.54, 1.807) is 32.0 Å². The van der Waals surface area contributed by atoms with Crippen LogP contribution in [-0.4, -0.2) is 42.6 Å². The first-order valence-electron chi connectivity index (χ1n) is 12.5. The zero-order valence-electron chi connectivity index (χ0n) is 22.7. The highest BCUT2D eigenvalue weighted by Crippen LogP contribution is 2.35. The van der Waals surface area contributed by atoms with Crippen molar-refractivity contribution in [2.24, 2.45) is 5.73 Å². The van der Waals surface area contributed by atoms with Crippen molar-refractivity contribution in [3.63, 3.8) is 0 Å². The van der Waals surface area contributed by atoms with Crippen molar-refractivity contribution in [1.82, 2.24) is 5.48 Å². The minimum absolute atomic E-state index is 0. The average Bonchev–Trinajstić information content (AvgIpc) is 3.38. The van der Waals surface area contributed by atoms with E-state index in [0.717, 1.165) is 9.87 Å². The normalized spacial score (nSPS) is 12.4. The van der Waals surface area contributed by atoms with Gasteiger partial charge in [0, 0.05) is 30.7 Å². The molecular formula is C26H31ClN4O9S2. The number of hydrogen-bond donors (Lipinski definition) is 3. The van der Waals surface area contributed by atoms with Crippen LogP contribution < -0.4 is 29.3 Å². The Labute approximate surface area is 250 Å². The number of hydroxylamine groups is 1. The lowest BCUT2D eigenvalue weighted by atomic mass is 10.2. The number of benzene rings is 3. The SMILES string of the molecule is CCN(c1ccc2c(c1)OOC2)S(=O)(=O)c1ccccc1S(=O)(=O)Oc1cc(C)cc(OCCCONC(=N)N)c1.Cl. The first-order chi connectivity index (χ1) is 19.5. The first-order valence-corrected chi connectivity index (χ1v) is 15.3. The molecule has 13 nitrogen and oxygen atoms in total. The third-order valence-electron chi connectivity index (χ3n) is 5.75. The number of fused-ring (bicyclic) bond motifs is 1. The molecule has 0 aromatic heterocycles.